The summed E-state index contributed by atoms with van der Waals surface area (Å²) in [6.45, 7) is 0. The third-order valence-electron chi connectivity index (χ3n) is 9.00. The van der Waals surface area contributed by atoms with Gasteiger partial charge >= 0.3 is 0 Å². The lowest BCUT2D eigenvalue weighted by Gasteiger charge is -2.28. The van der Waals surface area contributed by atoms with Crippen molar-refractivity contribution in [2.45, 2.75) is 4.90 Å². The zero-order chi connectivity index (χ0) is 29.8. The van der Waals surface area contributed by atoms with Crippen molar-refractivity contribution in [3.63, 3.8) is 0 Å². The van der Waals surface area contributed by atoms with Crippen molar-refractivity contribution >= 4 is 53.1 Å². The van der Waals surface area contributed by atoms with Crippen molar-refractivity contribution < 1.29 is 0 Å². The van der Waals surface area contributed by atoms with Crippen molar-refractivity contribution in [2.24, 2.45) is 0 Å². The van der Waals surface area contributed by atoms with E-state index in [0.717, 1.165) is 0 Å². The summed E-state index contributed by atoms with van der Waals surface area (Å²) in [5.41, 5.74) is 7.65. The lowest BCUT2D eigenvalue weighted by molar-refractivity contribution is 1.51. The fraction of sp³-hybridized carbons (Fsp3) is 0.0698. The summed E-state index contributed by atoms with van der Waals surface area (Å²) < 4.78 is 0. The van der Waals surface area contributed by atoms with Gasteiger partial charge in [-0.15, -0.1) is 0 Å². The highest BCUT2D eigenvalue weighted by Crippen LogP contribution is 2.50. The van der Waals surface area contributed by atoms with Crippen LogP contribution < -0.4 is 0 Å². The smallest absolute Gasteiger partial charge is 0.00199 e. The van der Waals surface area contributed by atoms with E-state index in [2.05, 4.69) is 170 Å². The Balaban J connectivity index is 1.52. The fourth-order valence-electron chi connectivity index (χ4n) is 7.06. The van der Waals surface area contributed by atoms with Crippen molar-refractivity contribution in [3.8, 4) is 33.4 Å². The van der Waals surface area contributed by atoms with Crippen LogP contribution in [0.4, 0.5) is 0 Å². The van der Waals surface area contributed by atoms with Gasteiger partial charge in [0.1, 0.15) is 0 Å². The molecule has 0 saturated heterocycles. The Hall–Kier alpha value is -4.85. The zero-order valence-electron chi connectivity index (χ0n) is 25.3. The number of benzene rings is 8. The summed E-state index contributed by atoms with van der Waals surface area (Å²) in [5, 5.41) is 10.4. The SMILES string of the molecule is CS(C)(C)c1cccc2c(-c3ccc4c(-c5ccccc5)c5ccccc5c(-c5cccc6ccccc56)c4c3)cccc12. The minimum atomic E-state index is -0.887. The molecule has 0 atom stereocenters. The molecule has 0 N–H and O–H groups in total. The summed E-state index contributed by atoms with van der Waals surface area (Å²) in [5.74, 6) is 0. The molecule has 0 bridgehead atoms. The number of rotatable bonds is 4. The molecule has 0 heterocycles. The molecular weight excluding hydrogens is 549 g/mol. The predicted molar refractivity (Wildman–Crippen MR) is 196 cm³/mol. The summed E-state index contributed by atoms with van der Waals surface area (Å²) in [6, 6.07) is 56.2. The molecule has 0 amide bonds. The third kappa shape index (κ3) is 4.31. The summed E-state index contributed by atoms with van der Waals surface area (Å²) >= 11 is 0. The Morgan fingerprint density at radius 1 is 0.341 bits per heavy atom. The Kier molecular flexibility index (Phi) is 6.32. The lowest BCUT2D eigenvalue weighted by Crippen LogP contribution is -1.95. The van der Waals surface area contributed by atoms with Gasteiger partial charge in [-0.3, -0.25) is 0 Å². The van der Waals surface area contributed by atoms with Gasteiger partial charge in [-0.2, -0.15) is 0 Å². The second kappa shape index (κ2) is 10.4. The van der Waals surface area contributed by atoms with E-state index < -0.39 is 10.0 Å². The molecule has 212 valence electrons. The molecule has 8 aromatic rings. The van der Waals surface area contributed by atoms with E-state index >= 15 is 0 Å². The van der Waals surface area contributed by atoms with Gasteiger partial charge in [-0.25, -0.2) is 10.0 Å². The van der Waals surface area contributed by atoms with Gasteiger partial charge in [0.25, 0.3) is 0 Å². The van der Waals surface area contributed by atoms with E-state index in [-0.39, 0.29) is 0 Å². The Labute approximate surface area is 260 Å². The van der Waals surface area contributed by atoms with E-state index in [0.29, 0.717) is 0 Å². The highest BCUT2D eigenvalue weighted by molar-refractivity contribution is 8.32. The molecule has 8 rings (SSSR count). The Bertz CT molecular complexity index is 2350. The van der Waals surface area contributed by atoms with E-state index in [1.807, 2.05) is 0 Å². The summed E-state index contributed by atoms with van der Waals surface area (Å²) in [4.78, 5) is 1.46. The molecule has 0 spiro atoms. The normalized spacial score (nSPS) is 12.3. The van der Waals surface area contributed by atoms with Crippen molar-refractivity contribution in [2.75, 3.05) is 18.8 Å². The van der Waals surface area contributed by atoms with Crippen LogP contribution >= 0.6 is 10.0 Å². The van der Waals surface area contributed by atoms with E-state index in [4.69, 9.17) is 0 Å². The van der Waals surface area contributed by atoms with Gasteiger partial charge in [0.15, 0.2) is 0 Å². The van der Waals surface area contributed by atoms with Crippen molar-refractivity contribution in [3.05, 3.63) is 152 Å². The maximum absolute atomic E-state index is 2.46. The second-order valence-corrected chi connectivity index (χ2v) is 16.6. The molecule has 0 aliphatic carbocycles. The van der Waals surface area contributed by atoms with Crippen molar-refractivity contribution in [1.82, 2.24) is 0 Å². The first-order valence-corrected chi connectivity index (χ1v) is 18.1. The fourth-order valence-corrected chi connectivity index (χ4v) is 8.39. The Morgan fingerprint density at radius 2 is 0.909 bits per heavy atom. The molecular formula is C43H34S. The number of hydrogen-bond donors (Lipinski definition) is 0. The lowest BCUT2D eigenvalue weighted by atomic mass is 9.83. The standard InChI is InChI=1S/C43H34S/c1-44(2,3)41-25-13-22-34-33(21-12-23-35(34)41)31-26-27-39-40(28-31)43(36-24-11-17-29-14-7-8-18-32(29)36)38-20-10-9-19-37(38)42(39)30-15-5-4-6-16-30/h4-28H,1-3H3. The van der Waals surface area contributed by atoms with Gasteiger partial charge in [0.05, 0.1) is 0 Å². The molecule has 0 aliphatic rings. The number of fused-ring (bicyclic) bond motifs is 4. The maximum atomic E-state index is 2.46. The van der Waals surface area contributed by atoms with E-state index in [1.165, 1.54) is 81.4 Å². The minimum Gasteiger partial charge on any atom is -0.223 e. The molecule has 0 radical (unpaired) electrons. The van der Waals surface area contributed by atoms with Crippen LogP contribution in [0, 0.1) is 0 Å². The molecule has 8 aromatic carbocycles. The molecule has 0 unspecified atom stereocenters. The van der Waals surface area contributed by atoms with Crippen LogP contribution in [-0.2, 0) is 0 Å². The van der Waals surface area contributed by atoms with E-state index in [1.54, 1.807) is 0 Å². The van der Waals surface area contributed by atoms with Crippen LogP contribution in [0.15, 0.2) is 157 Å². The molecule has 0 aromatic heterocycles. The highest BCUT2D eigenvalue weighted by atomic mass is 32.3. The largest absolute Gasteiger partial charge is 0.223 e. The summed E-state index contributed by atoms with van der Waals surface area (Å²) in [7, 11) is -0.887. The van der Waals surface area contributed by atoms with Crippen LogP contribution in [-0.4, -0.2) is 18.8 Å². The van der Waals surface area contributed by atoms with Gasteiger partial charge < -0.3 is 0 Å². The van der Waals surface area contributed by atoms with Gasteiger partial charge in [-0.1, -0.05) is 140 Å². The average Bonchev–Trinajstić information content (AvgIpc) is 3.06. The molecule has 0 saturated carbocycles. The molecule has 0 nitrogen and oxygen atoms in total. The van der Waals surface area contributed by atoms with Crippen LogP contribution in [0.1, 0.15) is 0 Å². The molecule has 0 aliphatic heterocycles. The second-order valence-electron chi connectivity index (χ2n) is 12.4. The van der Waals surface area contributed by atoms with Crippen LogP contribution in [0.5, 0.6) is 0 Å². The minimum absolute atomic E-state index is 0.887. The van der Waals surface area contributed by atoms with Crippen molar-refractivity contribution in [1.29, 1.82) is 0 Å². The first-order chi connectivity index (χ1) is 21.5. The molecule has 1 heteroatoms. The quantitative estimate of drug-likeness (QED) is 0.181. The number of hydrogen-bond acceptors (Lipinski definition) is 0. The molecule has 44 heavy (non-hydrogen) atoms. The van der Waals surface area contributed by atoms with Crippen LogP contribution in [0.25, 0.3) is 76.5 Å². The molecule has 0 fully saturated rings. The first kappa shape index (κ1) is 26.8. The highest BCUT2D eigenvalue weighted by Gasteiger charge is 2.20. The summed E-state index contributed by atoms with van der Waals surface area (Å²) in [6.07, 6.45) is 7.16. The monoisotopic (exact) mass is 582 g/mol. The maximum Gasteiger partial charge on any atom is -0.00199 e. The zero-order valence-corrected chi connectivity index (χ0v) is 26.2. The third-order valence-corrected chi connectivity index (χ3v) is 10.7. The van der Waals surface area contributed by atoms with Gasteiger partial charge in [0.2, 0.25) is 0 Å². The topological polar surface area (TPSA) is 0 Å². The van der Waals surface area contributed by atoms with Crippen LogP contribution in [0.2, 0.25) is 0 Å². The first-order valence-electron chi connectivity index (χ1n) is 15.2. The Morgan fingerprint density at radius 3 is 1.70 bits per heavy atom. The van der Waals surface area contributed by atoms with E-state index in [9.17, 15) is 0 Å². The predicted octanol–water partition coefficient (Wildman–Crippen LogP) is 12.4. The average molecular weight is 583 g/mol. The van der Waals surface area contributed by atoms with Gasteiger partial charge in [0, 0.05) is 0 Å². The van der Waals surface area contributed by atoms with Crippen LogP contribution in [0.3, 0.4) is 0 Å². The van der Waals surface area contributed by atoms with Gasteiger partial charge in [-0.05, 0) is 112 Å².